The quantitative estimate of drug-likeness (QED) is 0.689. The van der Waals surface area contributed by atoms with Crippen molar-refractivity contribution in [2.24, 2.45) is 0 Å². The van der Waals surface area contributed by atoms with Crippen LogP contribution in [-0.2, 0) is 6.54 Å². The Kier molecular flexibility index (Phi) is 4.24. The van der Waals surface area contributed by atoms with E-state index in [9.17, 15) is 4.79 Å². The molecule has 0 atom stereocenters. The highest BCUT2D eigenvalue weighted by molar-refractivity contribution is 5.80. The number of anilines is 1. The van der Waals surface area contributed by atoms with Crippen molar-refractivity contribution in [3.05, 3.63) is 70.2 Å². The topological polar surface area (TPSA) is 49.6 Å². The third kappa shape index (κ3) is 3.42. The minimum absolute atomic E-state index is 0.278. The van der Waals surface area contributed by atoms with E-state index in [1.54, 1.807) is 6.07 Å². The first-order valence-corrected chi connectivity index (χ1v) is 8.61. The Morgan fingerprint density at radius 1 is 1.08 bits per heavy atom. The van der Waals surface area contributed by atoms with Crippen LogP contribution in [0.3, 0.4) is 0 Å². The van der Waals surface area contributed by atoms with E-state index in [2.05, 4.69) is 20.9 Å². The number of fused-ring (bicyclic) bond motifs is 1. The van der Waals surface area contributed by atoms with Gasteiger partial charge in [-0.15, -0.1) is 0 Å². The van der Waals surface area contributed by atoms with Crippen molar-refractivity contribution >= 4 is 16.8 Å². The lowest BCUT2D eigenvalue weighted by Gasteiger charge is -2.35. The predicted octanol–water partition coefficient (Wildman–Crippen LogP) is 2.82. The van der Waals surface area contributed by atoms with E-state index in [-0.39, 0.29) is 5.63 Å². The average Bonchev–Trinajstić information content (AvgIpc) is 2.62. The fourth-order valence-corrected chi connectivity index (χ4v) is 3.38. The highest BCUT2D eigenvalue weighted by Gasteiger charge is 2.19. The fourth-order valence-electron chi connectivity index (χ4n) is 3.38. The van der Waals surface area contributed by atoms with Gasteiger partial charge in [0.2, 0.25) is 0 Å². The van der Waals surface area contributed by atoms with Gasteiger partial charge in [0.15, 0.2) is 0 Å². The molecule has 0 bridgehead atoms. The predicted molar refractivity (Wildman–Crippen MR) is 98.9 cm³/mol. The molecule has 0 unspecified atom stereocenters. The molecule has 4 rings (SSSR count). The number of pyridine rings is 1. The number of hydrogen-bond acceptors (Lipinski definition) is 5. The summed E-state index contributed by atoms with van der Waals surface area (Å²) in [6.07, 6.45) is 1.83. The standard InChI is InChI=1S/C20H21N3O2/c1-15-5-6-17-16(13-20(24)25-18(17)12-15)14-22-8-10-23(11-9-22)19-4-2-3-7-21-19/h2-7,12-13H,8-11,14H2,1H3. The Labute approximate surface area is 146 Å². The molecule has 1 aromatic carbocycles. The lowest BCUT2D eigenvalue weighted by molar-refractivity contribution is 0.249. The van der Waals surface area contributed by atoms with Gasteiger partial charge in [-0.3, -0.25) is 4.90 Å². The number of aromatic nitrogens is 1. The van der Waals surface area contributed by atoms with Gasteiger partial charge in [0.1, 0.15) is 11.4 Å². The van der Waals surface area contributed by atoms with E-state index in [0.29, 0.717) is 5.58 Å². The SMILES string of the molecule is Cc1ccc2c(CN3CCN(c4ccccn4)CC3)cc(=O)oc2c1. The summed E-state index contributed by atoms with van der Waals surface area (Å²) in [5.41, 5.74) is 2.53. The molecular formula is C20H21N3O2. The molecule has 25 heavy (non-hydrogen) atoms. The summed E-state index contributed by atoms with van der Waals surface area (Å²) in [6, 6.07) is 13.7. The second kappa shape index (κ2) is 6.69. The second-order valence-corrected chi connectivity index (χ2v) is 6.54. The van der Waals surface area contributed by atoms with E-state index in [1.165, 1.54) is 0 Å². The third-order valence-corrected chi connectivity index (χ3v) is 4.73. The van der Waals surface area contributed by atoms with Crippen molar-refractivity contribution in [3.63, 3.8) is 0 Å². The van der Waals surface area contributed by atoms with Crippen molar-refractivity contribution in [1.82, 2.24) is 9.88 Å². The molecule has 1 fully saturated rings. The summed E-state index contributed by atoms with van der Waals surface area (Å²) in [5.74, 6) is 1.03. The zero-order chi connectivity index (χ0) is 17.2. The van der Waals surface area contributed by atoms with Gasteiger partial charge < -0.3 is 9.32 Å². The molecule has 1 saturated heterocycles. The van der Waals surface area contributed by atoms with Crippen LogP contribution in [0.25, 0.3) is 11.0 Å². The average molecular weight is 335 g/mol. The first-order chi connectivity index (χ1) is 12.2. The van der Waals surface area contributed by atoms with Crippen molar-refractivity contribution in [2.45, 2.75) is 13.5 Å². The Morgan fingerprint density at radius 2 is 1.92 bits per heavy atom. The van der Waals surface area contributed by atoms with Crippen molar-refractivity contribution in [3.8, 4) is 0 Å². The molecule has 1 aliphatic rings. The minimum Gasteiger partial charge on any atom is -0.423 e. The molecule has 3 aromatic rings. The minimum atomic E-state index is -0.278. The molecular weight excluding hydrogens is 314 g/mol. The van der Waals surface area contributed by atoms with Gasteiger partial charge in [0.25, 0.3) is 0 Å². The van der Waals surface area contributed by atoms with E-state index < -0.39 is 0 Å². The molecule has 2 aromatic heterocycles. The van der Waals surface area contributed by atoms with Crippen LogP contribution in [-0.4, -0.2) is 36.1 Å². The maximum atomic E-state index is 11.9. The van der Waals surface area contributed by atoms with E-state index in [4.69, 9.17) is 4.42 Å². The van der Waals surface area contributed by atoms with E-state index in [1.807, 2.05) is 43.5 Å². The summed E-state index contributed by atoms with van der Waals surface area (Å²) in [6.45, 7) is 6.55. The molecule has 0 saturated carbocycles. The first-order valence-electron chi connectivity index (χ1n) is 8.61. The molecule has 5 heteroatoms. The lowest BCUT2D eigenvalue weighted by Crippen LogP contribution is -2.46. The van der Waals surface area contributed by atoms with Crippen LogP contribution in [0.15, 0.2) is 57.9 Å². The Balaban J connectivity index is 1.50. The fraction of sp³-hybridized carbons (Fsp3) is 0.300. The molecule has 128 valence electrons. The van der Waals surface area contributed by atoms with Crippen LogP contribution in [0.1, 0.15) is 11.1 Å². The highest BCUT2D eigenvalue weighted by atomic mass is 16.4. The summed E-state index contributed by atoms with van der Waals surface area (Å²) in [5, 5.41) is 1.03. The molecule has 5 nitrogen and oxygen atoms in total. The van der Waals surface area contributed by atoms with Gasteiger partial charge in [-0.1, -0.05) is 18.2 Å². The lowest BCUT2D eigenvalue weighted by atomic mass is 10.1. The summed E-state index contributed by atoms with van der Waals surface area (Å²) >= 11 is 0. The smallest absolute Gasteiger partial charge is 0.336 e. The summed E-state index contributed by atoms with van der Waals surface area (Å²) < 4.78 is 5.36. The van der Waals surface area contributed by atoms with Crippen LogP contribution in [0, 0.1) is 6.92 Å². The molecule has 0 aliphatic carbocycles. The van der Waals surface area contributed by atoms with Gasteiger partial charge in [-0.25, -0.2) is 9.78 Å². The molecule has 0 amide bonds. The van der Waals surface area contributed by atoms with Crippen molar-refractivity contribution in [1.29, 1.82) is 0 Å². The number of aryl methyl sites for hydroxylation is 1. The number of hydrogen-bond donors (Lipinski definition) is 0. The molecule has 3 heterocycles. The van der Waals surface area contributed by atoms with E-state index >= 15 is 0 Å². The van der Waals surface area contributed by atoms with Gasteiger partial charge in [0.05, 0.1) is 0 Å². The van der Waals surface area contributed by atoms with Gasteiger partial charge in [0, 0.05) is 50.4 Å². The number of benzene rings is 1. The largest absolute Gasteiger partial charge is 0.423 e. The van der Waals surface area contributed by atoms with Gasteiger partial charge >= 0.3 is 5.63 Å². The summed E-state index contributed by atoms with van der Waals surface area (Å²) in [4.78, 5) is 21.0. The second-order valence-electron chi connectivity index (χ2n) is 6.54. The van der Waals surface area contributed by atoms with Gasteiger partial charge in [-0.05, 0) is 36.2 Å². The van der Waals surface area contributed by atoms with Crippen LogP contribution in [0.2, 0.25) is 0 Å². The first kappa shape index (κ1) is 15.8. The molecule has 0 spiro atoms. The molecule has 0 radical (unpaired) electrons. The molecule has 1 aliphatic heterocycles. The van der Waals surface area contributed by atoms with Crippen LogP contribution in [0.5, 0.6) is 0 Å². The number of nitrogens with zero attached hydrogens (tertiary/aromatic N) is 3. The highest BCUT2D eigenvalue weighted by Crippen LogP contribution is 2.21. The molecule has 0 N–H and O–H groups in total. The number of piperazine rings is 1. The summed E-state index contributed by atoms with van der Waals surface area (Å²) in [7, 11) is 0. The normalized spacial score (nSPS) is 15.6. The zero-order valence-electron chi connectivity index (χ0n) is 14.3. The maximum absolute atomic E-state index is 11.9. The van der Waals surface area contributed by atoms with E-state index in [0.717, 1.165) is 55.1 Å². The Bertz CT molecular complexity index is 929. The van der Waals surface area contributed by atoms with Crippen molar-refractivity contribution < 1.29 is 4.42 Å². The van der Waals surface area contributed by atoms with Crippen LogP contribution in [0.4, 0.5) is 5.82 Å². The van der Waals surface area contributed by atoms with Crippen LogP contribution < -0.4 is 10.5 Å². The maximum Gasteiger partial charge on any atom is 0.336 e. The van der Waals surface area contributed by atoms with Crippen LogP contribution >= 0.6 is 0 Å². The van der Waals surface area contributed by atoms with Crippen molar-refractivity contribution in [2.75, 3.05) is 31.1 Å². The van der Waals surface area contributed by atoms with Gasteiger partial charge in [-0.2, -0.15) is 0 Å². The Hall–Kier alpha value is -2.66. The number of rotatable bonds is 3. The third-order valence-electron chi connectivity index (χ3n) is 4.73. The monoisotopic (exact) mass is 335 g/mol. The zero-order valence-corrected chi connectivity index (χ0v) is 14.3. The Morgan fingerprint density at radius 3 is 2.68 bits per heavy atom.